The van der Waals surface area contributed by atoms with Crippen LogP contribution in [0.1, 0.15) is 17.5 Å². The largest absolute Gasteiger partial charge is 0.469 e. The third kappa shape index (κ3) is 3.81. The van der Waals surface area contributed by atoms with Crippen LogP contribution in [0.5, 0.6) is 0 Å². The summed E-state index contributed by atoms with van der Waals surface area (Å²) < 4.78 is 4.52. The van der Waals surface area contributed by atoms with E-state index in [1.165, 1.54) is 7.11 Å². The summed E-state index contributed by atoms with van der Waals surface area (Å²) in [5.41, 5.74) is 2.14. The number of esters is 1. The van der Waals surface area contributed by atoms with E-state index in [4.69, 9.17) is 0 Å². The van der Waals surface area contributed by atoms with E-state index in [9.17, 15) is 4.79 Å². The molecular weight excluding hydrogens is 188 g/mol. The van der Waals surface area contributed by atoms with Crippen molar-refractivity contribution < 1.29 is 9.53 Å². The average Bonchev–Trinajstić information content (AvgIpc) is 2.29. The molecule has 2 nitrogen and oxygen atoms in total. The normalized spacial score (nSPS) is 10.2. The molecule has 2 heteroatoms. The van der Waals surface area contributed by atoms with Crippen molar-refractivity contribution in [3.8, 4) is 0 Å². The summed E-state index contributed by atoms with van der Waals surface area (Å²) in [6, 6.07) is 7.91. The SMILES string of the molecule is C=Cc1ccc(C=CCC(=O)OC)cc1. The van der Waals surface area contributed by atoms with Gasteiger partial charge < -0.3 is 4.74 Å². The summed E-state index contributed by atoms with van der Waals surface area (Å²) in [5.74, 6) is -0.228. The van der Waals surface area contributed by atoms with E-state index in [0.29, 0.717) is 6.42 Å². The van der Waals surface area contributed by atoms with Gasteiger partial charge in [0, 0.05) is 0 Å². The summed E-state index contributed by atoms with van der Waals surface area (Å²) in [7, 11) is 1.38. The average molecular weight is 202 g/mol. The molecule has 1 aromatic carbocycles. The van der Waals surface area contributed by atoms with Gasteiger partial charge >= 0.3 is 5.97 Å². The molecular formula is C13H14O2. The maximum absolute atomic E-state index is 10.8. The molecule has 0 aliphatic rings. The van der Waals surface area contributed by atoms with Gasteiger partial charge in [-0.15, -0.1) is 0 Å². The van der Waals surface area contributed by atoms with Gasteiger partial charge in [0.25, 0.3) is 0 Å². The molecule has 0 saturated heterocycles. The van der Waals surface area contributed by atoms with Crippen LogP contribution < -0.4 is 0 Å². The molecule has 1 aromatic rings. The fourth-order valence-corrected chi connectivity index (χ4v) is 1.12. The first kappa shape index (κ1) is 11.2. The van der Waals surface area contributed by atoms with E-state index < -0.39 is 0 Å². The number of hydrogen-bond donors (Lipinski definition) is 0. The Hall–Kier alpha value is -1.83. The molecule has 15 heavy (non-hydrogen) atoms. The lowest BCUT2D eigenvalue weighted by molar-refractivity contribution is -0.139. The monoisotopic (exact) mass is 202 g/mol. The highest BCUT2D eigenvalue weighted by Gasteiger charge is 1.93. The Bertz CT molecular complexity index is 361. The third-order valence-electron chi connectivity index (χ3n) is 1.99. The molecule has 0 amide bonds. The van der Waals surface area contributed by atoms with Gasteiger partial charge in [-0.05, 0) is 11.1 Å². The van der Waals surface area contributed by atoms with E-state index >= 15 is 0 Å². The van der Waals surface area contributed by atoms with Crippen molar-refractivity contribution in [2.75, 3.05) is 7.11 Å². The number of ether oxygens (including phenoxy) is 1. The Morgan fingerprint density at radius 2 is 1.93 bits per heavy atom. The highest BCUT2D eigenvalue weighted by atomic mass is 16.5. The number of benzene rings is 1. The van der Waals surface area contributed by atoms with E-state index in [0.717, 1.165) is 11.1 Å². The zero-order chi connectivity index (χ0) is 11.1. The van der Waals surface area contributed by atoms with Crippen LogP contribution in [0.4, 0.5) is 0 Å². The van der Waals surface area contributed by atoms with Crippen molar-refractivity contribution in [2.45, 2.75) is 6.42 Å². The maximum Gasteiger partial charge on any atom is 0.309 e. The lowest BCUT2D eigenvalue weighted by Gasteiger charge is -1.95. The Morgan fingerprint density at radius 3 is 2.47 bits per heavy atom. The molecule has 78 valence electrons. The minimum absolute atomic E-state index is 0.228. The van der Waals surface area contributed by atoms with Crippen LogP contribution in [0.2, 0.25) is 0 Å². The molecule has 0 saturated carbocycles. The second kappa shape index (κ2) is 5.81. The second-order valence-corrected chi connectivity index (χ2v) is 3.05. The number of methoxy groups -OCH3 is 1. The van der Waals surface area contributed by atoms with Crippen LogP contribution in [0.15, 0.2) is 36.9 Å². The number of hydrogen-bond acceptors (Lipinski definition) is 2. The first-order chi connectivity index (χ1) is 7.26. The summed E-state index contributed by atoms with van der Waals surface area (Å²) in [6.45, 7) is 3.68. The predicted octanol–water partition coefficient (Wildman–Crippen LogP) is 2.91. The topological polar surface area (TPSA) is 26.3 Å². The molecule has 0 N–H and O–H groups in total. The molecule has 0 atom stereocenters. The van der Waals surface area contributed by atoms with Gasteiger partial charge in [0.1, 0.15) is 0 Å². The first-order valence-corrected chi connectivity index (χ1v) is 4.72. The summed E-state index contributed by atoms with van der Waals surface area (Å²) in [4.78, 5) is 10.8. The summed E-state index contributed by atoms with van der Waals surface area (Å²) in [6.07, 6.45) is 5.78. The molecule has 0 unspecified atom stereocenters. The quantitative estimate of drug-likeness (QED) is 0.702. The highest BCUT2D eigenvalue weighted by molar-refractivity contribution is 5.72. The minimum atomic E-state index is -0.228. The summed E-state index contributed by atoms with van der Waals surface area (Å²) in [5, 5.41) is 0. The molecule has 0 fully saturated rings. The van der Waals surface area contributed by atoms with Crippen LogP contribution in [0, 0.1) is 0 Å². The number of carbonyl (C=O) groups is 1. The standard InChI is InChI=1S/C13H14O2/c1-3-11-7-9-12(10-8-11)5-4-6-13(14)15-2/h3-5,7-10H,1,6H2,2H3. The van der Waals surface area contributed by atoms with Crippen molar-refractivity contribution in [1.82, 2.24) is 0 Å². The van der Waals surface area contributed by atoms with Gasteiger partial charge in [0.15, 0.2) is 0 Å². The fraction of sp³-hybridized carbons (Fsp3) is 0.154. The van der Waals surface area contributed by atoms with E-state index in [-0.39, 0.29) is 5.97 Å². The van der Waals surface area contributed by atoms with Crippen molar-refractivity contribution in [1.29, 1.82) is 0 Å². The van der Waals surface area contributed by atoms with Gasteiger partial charge in [-0.3, -0.25) is 4.79 Å². The van der Waals surface area contributed by atoms with Gasteiger partial charge in [-0.25, -0.2) is 0 Å². The molecule has 0 aromatic heterocycles. The number of rotatable bonds is 4. The van der Waals surface area contributed by atoms with Crippen molar-refractivity contribution in [3.05, 3.63) is 48.0 Å². The Balaban J connectivity index is 2.57. The lowest BCUT2D eigenvalue weighted by atomic mass is 10.1. The van der Waals surface area contributed by atoms with E-state index in [1.807, 2.05) is 30.3 Å². The van der Waals surface area contributed by atoms with Crippen LogP contribution in [0.25, 0.3) is 12.2 Å². The van der Waals surface area contributed by atoms with Crippen LogP contribution in [0.3, 0.4) is 0 Å². The first-order valence-electron chi connectivity index (χ1n) is 4.72. The van der Waals surface area contributed by atoms with Crippen molar-refractivity contribution >= 4 is 18.1 Å². The maximum atomic E-state index is 10.8. The third-order valence-corrected chi connectivity index (χ3v) is 1.99. The van der Waals surface area contributed by atoms with Gasteiger partial charge in [0.05, 0.1) is 13.5 Å². The highest BCUT2D eigenvalue weighted by Crippen LogP contribution is 2.07. The molecule has 0 aliphatic carbocycles. The Kier molecular flexibility index (Phi) is 4.35. The molecule has 0 aliphatic heterocycles. The smallest absolute Gasteiger partial charge is 0.309 e. The summed E-state index contributed by atoms with van der Waals surface area (Å²) >= 11 is 0. The lowest BCUT2D eigenvalue weighted by Crippen LogP contribution is -1.96. The molecule has 0 radical (unpaired) electrons. The van der Waals surface area contributed by atoms with Gasteiger partial charge in [-0.1, -0.05) is 49.1 Å². The van der Waals surface area contributed by atoms with E-state index in [2.05, 4.69) is 11.3 Å². The Morgan fingerprint density at radius 1 is 1.33 bits per heavy atom. The van der Waals surface area contributed by atoms with Crippen LogP contribution in [-0.2, 0) is 9.53 Å². The number of carbonyl (C=O) groups excluding carboxylic acids is 1. The van der Waals surface area contributed by atoms with E-state index in [1.54, 1.807) is 12.2 Å². The predicted molar refractivity (Wildman–Crippen MR) is 62.2 cm³/mol. The second-order valence-electron chi connectivity index (χ2n) is 3.05. The van der Waals surface area contributed by atoms with Crippen LogP contribution >= 0.6 is 0 Å². The van der Waals surface area contributed by atoms with Gasteiger partial charge in [-0.2, -0.15) is 0 Å². The van der Waals surface area contributed by atoms with Crippen LogP contribution in [-0.4, -0.2) is 13.1 Å². The molecule has 0 bridgehead atoms. The zero-order valence-electron chi connectivity index (χ0n) is 8.77. The minimum Gasteiger partial charge on any atom is -0.469 e. The molecule has 1 rings (SSSR count). The fourth-order valence-electron chi connectivity index (χ4n) is 1.12. The van der Waals surface area contributed by atoms with Crippen molar-refractivity contribution in [3.63, 3.8) is 0 Å². The van der Waals surface area contributed by atoms with Crippen molar-refractivity contribution in [2.24, 2.45) is 0 Å². The molecule has 0 heterocycles. The zero-order valence-corrected chi connectivity index (χ0v) is 8.77. The van der Waals surface area contributed by atoms with Gasteiger partial charge in [0.2, 0.25) is 0 Å². The molecule has 0 spiro atoms. The Labute approximate surface area is 89.9 Å².